The molecule has 0 aliphatic rings. The van der Waals surface area contributed by atoms with E-state index in [9.17, 15) is 0 Å². The van der Waals surface area contributed by atoms with Crippen molar-refractivity contribution in [2.24, 2.45) is 5.84 Å². The average Bonchev–Trinajstić information content (AvgIpc) is 1.31. The predicted molar refractivity (Wildman–Crippen MR) is 25.8 cm³/mol. The van der Waals surface area contributed by atoms with Crippen LogP contribution in [0.25, 0.3) is 0 Å². The van der Waals surface area contributed by atoms with E-state index in [4.69, 9.17) is 11.0 Å². The largest absolute Gasteiger partial charge is 0.255 e. The average molecular weight is 106 g/mol. The number of hydrogen-bond acceptors (Lipinski definition) is 3. The van der Waals surface area contributed by atoms with E-state index in [0.717, 1.165) is 0 Å². The van der Waals surface area contributed by atoms with Crippen LogP contribution < -0.4 is 5.84 Å². The first-order chi connectivity index (χ1) is 2.94. The second-order valence-corrected chi connectivity index (χ2v) is 2.26. The van der Waals surface area contributed by atoms with E-state index >= 15 is 0 Å². The summed E-state index contributed by atoms with van der Waals surface area (Å²) in [7, 11) is 5.25. The van der Waals surface area contributed by atoms with Gasteiger partial charge >= 0.3 is 0 Å². The Hall–Kier alpha value is -0.160. The van der Waals surface area contributed by atoms with Crippen LogP contribution in [0.5, 0.6) is 0 Å². The number of rotatable bonds is 1. The Labute approximate surface area is 43.2 Å². The lowest BCUT2D eigenvalue weighted by Gasteiger charge is -2.25. The Morgan fingerprint density at radius 2 is 1.57 bits per heavy atom. The first-order valence-electron chi connectivity index (χ1n) is 2.00. The van der Waals surface area contributed by atoms with Crippen molar-refractivity contribution in [2.75, 3.05) is 21.1 Å². The molecule has 0 aromatic heterocycles. The van der Waals surface area contributed by atoms with E-state index < -0.39 is 0 Å². The number of nitrogens with zero attached hydrogens (tertiary/aromatic N) is 2. The van der Waals surface area contributed by atoms with Crippen molar-refractivity contribution in [2.45, 2.75) is 0 Å². The van der Waals surface area contributed by atoms with Crippen molar-refractivity contribution in [3.05, 3.63) is 0 Å². The van der Waals surface area contributed by atoms with Crippen molar-refractivity contribution in [3.63, 3.8) is 0 Å². The van der Waals surface area contributed by atoms with E-state index in [1.165, 1.54) is 0 Å². The molecule has 7 heavy (non-hydrogen) atoms. The molecule has 0 rings (SSSR count). The molecule has 0 fully saturated rings. The standard InChI is InChI=1S/C3H12N3O/c1-6(2,3)5(4)7/h7H,4H2,1-3H3/q+1. The first kappa shape index (κ1) is 6.84. The van der Waals surface area contributed by atoms with Crippen molar-refractivity contribution in [1.29, 1.82) is 0 Å². The molecule has 0 spiro atoms. The molecule has 0 bridgehead atoms. The summed E-state index contributed by atoms with van der Waals surface area (Å²) in [5, 5.41) is 9.10. The van der Waals surface area contributed by atoms with Crippen LogP contribution in [0.1, 0.15) is 0 Å². The molecular weight excluding hydrogens is 94.1 g/mol. The molecule has 0 aromatic carbocycles. The van der Waals surface area contributed by atoms with Crippen molar-refractivity contribution < 1.29 is 9.80 Å². The molecule has 3 N–H and O–H groups in total. The highest BCUT2D eigenvalue weighted by Gasteiger charge is 2.11. The smallest absolute Gasteiger partial charge is 0.0889 e. The maximum Gasteiger partial charge on any atom is 0.0889 e. The van der Waals surface area contributed by atoms with E-state index in [1.54, 1.807) is 21.1 Å². The molecule has 0 aromatic rings. The minimum atomic E-state index is 0.222. The van der Waals surface area contributed by atoms with Crippen LogP contribution in [-0.4, -0.2) is 36.2 Å². The quantitative estimate of drug-likeness (QED) is 0.261. The SMILES string of the molecule is C[N+](C)(C)N(N)O. The highest BCUT2D eigenvalue weighted by atomic mass is 16.6. The second-order valence-electron chi connectivity index (χ2n) is 2.26. The molecule has 4 heteroatoms. The van der Waals surface area contributed by atoms with Gasteiger partial charge in [0.1, 0.15) is 0 Å². The Bertz CT molecular complexity index is 55.7. The first-order valence-corrected chi connectivity index (χ1v) is 2.00. The zero-order valence-corrected chi connectivity index (χ0v) is 4.92. The van der Waals surface area contributed by atoms with Gasteiger partial charge in [0.05, 0.1) is 21.1 Å². The molecule has 0 aliphatic carbocycles. The topological polar surface area (TPSA) is 49.5 Å². The highest BCUT2D eigenvalue weighted by Crippen LogP contribution is 1.86. The lowest BCUT2D eigenvalue weighted by Crippen LogP contribution is -2.53. The van der Waals surface area contributed by atoms with Gasteiger partial charge in [-0.2, -0.15) is 5.84 Å². The summed E-state index contributed by atoms with van der Waals surface area (Å²) in [4.78, 5) is 0. The fraction of sp³-hybridized carbons (Fsp3) is 1.00. The van der Waals surface area contributed by atoms with Gasteiger partial charge in [0, 0.05) is 5.28 Å². The predicted octanol–water partition coefficient (Wildman–Crippen LogP) is -0.827. The number of hydrazine groups is 1. The maximum atomic E-state index is 8.47. The Morgan fingerprint density at radius 1 is 1.43 bits per heavy atom. The highest BCUT2D eigenvalue weighted by molar-refractivity contribution is 3.87. The van der Waals surface area contributed by atoms with Gasteiger partial charge in [0.15, 0.2) is 0 Å². The van der Waals surface area contributed by atoms with Gasteiger partial charge in [0.25, 0.3) is 0 Å². The normalized spacial score (nSPS) is 12.9. The van der Waals surface area contributed by atoms with Crippen LogP contribution >= 0.6 is 0 Å². The molecule has 0 unspecified atom stereocenters. The molecule has 4 nitrogen and oxygen atoms in total. The van der Waals surface area contributed by atoms with E-state index in [1.807, 2.05) is 0 Å². The van der Waals surface area contributed by atoms with E-state index in [2.05, 4.69) is 0 Å². The van der Waals surface area contributed by atoms with Gasteiger partial charge in [0.2, 0.25) is 0 Å². The van der Waals surface area contributed by atoms with Crippen LogP contribution in [0.4, 0.5) is 0 Å². The molecule has 0 radical (unpaired) electrons. The summed E-state index contributed by atoms with van der Waals surface area (Å²) < 4.78 is 0.222. The fourth-order valence-corrected chi connectivity index (χ4v) is 0. The monoisotopic (exact) mass is 106 g/mol. The van der Waals surface area contributed by atoms with Gasteiger partial charge in [-0.15, -0.1) is 0 Å². The lowest BCUT2D eigenvalue weighted by molar-refractivity contribution is -1.03. The van der Waals surface area contributed by atoms with Crippen LogP contribution in [-0.2, 0) is 0 Å². The summed E-state index contributed by atoms with van der Waals surface area (Å²) in [5.41, 5.74) is 0. The van der Waals surface area contributed by atoms with Crippen molar-refractivity contribution >= 4 is 0 Å². The third-order valence-electron chi connectivity index (χ3n) is 0.615. The van der Waals surface area contributed by atoms with Gasteiger partial charge in [-0.05, 0) is 0 Å². The van der Waals surface area contributed by atoms with Crippen molar-refractivity contribution in [1.82, 2.24) is 5.28 Å². The summed E-state index contributed by atoms with van der Waals surface area (Å²) in [5.74, 6) is 4.93. The zero-order chi connectivity index (χ0) is 6.08. The molecule has 44 valence electrons. The van der Waals surface area contributed by atoms with Gasteiger partial charge in [-0.1, -0.05) is 0 Å². The molecule has 0 aliphatic heterocycles. The molecule has 0 saturated carbocycles. The maximum absolute atomic E-state index is 8.47. The van der Waals surface area contributed by atoms with E-state index in [-0.39, 0.29) is 4.59 Å². The van der Waals surface area contributed by atoms with Crippen LogP contribution in [0, 0.1) is 0 Å². The second kappa shape index (κ2) is 1.75. The Balaban J connectivity index is 3.54. The molecule has 0 atom stereocenters. The molecule has 0 saturated heterocycles. The zero-order valence-electron chi connectivity index (χ0n) is 4.92. The number of hydrogen-bond donors (Lipinski definition) is 2. The summed E-state index contributed by atoms with van der Waals surface area (Å²) in [6, 6.07) is 0. The summed E-state index contributed by atoms with van der Waals surface area (Å²) in [6.07, 6.45) is 0. The van der Waals surface area contributed by atoms with Crippen LogP contribution in [0.15, 0.2) is 0 Å². The van der Waals surface area contributed by atoms with Gasteiger partial charge in [-0.3, -0.25) is 5.21 Å². The minimum absolute atomic E-state index is 0.222. The Kier molecular flexibility index (Phi) is 1.71. The van der Waals surface area contributed by atoms with E-state index in [0.29, 0.717) is 5.28 Å². The summed E-state index contributed by atoms with van der Waals surface area (Å²) >= 11 is 0. The van der Waals surface area contributed by atoms with Gasteiger partial charge in [-0.25, -0.2) is 4.59 Å². The molecule has 0 heterocycles. The third-order valence-corrected chi connectivity index (χ3v) is 0.615. The third kappa shape index (κ3) is 2.52. The summed E-state index contributed by atoms with van der Waals surface area (Å²) in [6.45, 7) is 0. The number of quaternary nitrogens is 1. The minimum Gasteiger partial charge on any atom is -0.255 e. The number of nitrogens with two attached hydrogens (primary N) is 1. The van der Waals surface area contributed by atoms with Gasteiger partial charge < -0.3 is 0 Å². The Morgan fingerprint density at radius 3 is 1.57 bits per heavy atom. The van der Waals surface area contributed by atoms with Crippen molar-refractivity contribution in [3.8, 4) is 0 Å². The lowest BCUT2D eigenvalue weighted by atomic mass is 10.9. The van der Waals surface area contributed by atoms with Crippen LogP contribution in [0.2, 0.25) is 0 Å². The molecule has 0 amide bonds. The van der Waals surface area contributed by atoms with Crippen LogP contribution in [0.3, 0.4) is 0 Å². The fourth-order valence-electron chi connectivity index (χ4n) is 0. The molecular formula is C3H12N3O+.